The number of carboxylic acid groups (broad SMARTS) is 1. The van der Waals surface area contributed by atoms with Gasteiger partial charge in [0.2, 0.25) is 0 Å². The largest absolute Gasteiger partial charge is 0.490 e. The number of alkyl halides is 3. The van der Waals surface area contributed by atoms with E-state index in [1.165, 1.54) is 0 Å². The van der Waals surface area contributed by atoms with Crippen LogP contribution in [0.1, 0.15) is 28.5 Å². The van der Waals surface area contributed by atoms with Crippen LogP contribution in [0.3, 0.4) is 0 Å². The zero-order valence-corrected chi connectivity index (χ0v) is 18.3. The van der Waals surface area contributed by atoms with Crippen molar-refractivity contribution in [3.8, 4) is 11.1 Å². The molecule has 0 spiro atoms. The Morgan fingerprint density at radius 3 is 2.31 bits per heavy atom. The molecule has 0 saturated carbocycles. The van der Waals surface area contributed by atoms with Crippen molar-refractivity contribution in [3.05, 3.63) is 84.6 Å². The molecule has 3 aromatic heterocycles. The fraction of sp³-hybridized carbons (Fsp3) is 0.208. The van der Waals surface area contributed by atoms with Gasteiger partial charge in [-0.15, -0.1) is 0 Å². The minimum atomic E-state index is -5.08. The van der Waals surface area contributed by atoms with Crippen LogP contribution in [0.2, 0.25) is 0 Å². The van der Waals surface area contributed by atoms with Crippen molar-refractivity contribution in [2.24, 2.45) is 0 Å². The molecule has 1 amide bonds. The van der Waals surface area contributed by atoms with Crippen molar-refractivity contribution in [2.45, 2.75) is 18.5 Å². The van der Waals surface area contributed by atoms with E-state index in [1.54, 1.807) is 12.4 Å². The van der Waals surface area contributed by atoms with Gasteiger partial charge in [0.25, 0.3) is 5.91 Å². The number of benzene rings is 1. The molecule has 4 aromatic rings. The number of fused-ring (bicyclic) bond motifs is 1. The lowest BCUT2D eigenvalue weighted by molar-refractivity contribution is -0.192. The Morgan fingerprint density at radius 1 is 0.971 bits per heavy atom. The fourth-order valence-corrected chi connectivity index (χ4v) is 3.71. The van der Waals surface area contributed by atoms with Gasteiger partial charge in [-0.3, -0.25) is 9.78 Å². The van der Waals surface area contributed by atoms with E-state index in [0.717, 1.165) is 41.1 Å². The molecule has 180 valence electrons. The Morgan fingerprint density at radius 2 is 1.66 bits per heavy atom. The van der Waals surface area contributed by atoms with Crippen LogP contribution in [0.5, 0.6) is 0 Å². The Hall–Kier alpha value is -4.28. The van der Waals surface area contributed by atoms with Crippen LogP contribution in [-0.4, -0.2) is 60.7 Å². The van der Waals surface area contributed by atoms with Gasteiger partial charge in [0.05, 0.1) is 0 Å². The first kappa shape index (κ1) is 23.9. The molecule has 35 heavy (non-hydrogen) atoms. The van der Waals surface area contributed by atoms with E-state index in [4.69, 9.17) is 20.0 Å². The number of hydrogen-bond acceptors (Lipinski definition) is 5. The Labute approximate surface area is 197 Å². The number of nitrogens with zero attached hydrogens (tertiary/aromatic N) is 5. The standard InChI is InChI=1S/C22H19N5O.C2HF3O2/c28-22(17-4-2-1-3-5-17)26-13-10-19(14-26)21-24-20-7-6-18(15-27(20)25-21)16-8-11-23-12-9-16;3-2(4,5)1(6)7/h1-9,11-12,15,19H,10,13-14H2;(H,6,7). The summed E-state index contributed by atoms with van der Waals surface area (Å²) in [7, 11) is 0. The van der Waals surface area contributed by atoms with E-state index in [0.29, 0.717) is 6.54 Å². The molecule has 5 rings (SSSR count). The SMILES string of the molecule is O=C(O)C(F)(F)F.O=C(c1ccccc1)N1CCC(c2nc3ccc(-c4ccncc4)cn3n2)C1. The van der Waals surface area contributed by atoms with Crippen molar-refractivity contribution in [3.63, 3.8) is 0 Å². The van der Waals surface area contributed by atoms with Crippen LogP contribution in [-0.2, 0) is 4.79 Å². The summed E-state index contributed by atoms with van der Waals surface area (Å²) in [6.07, 6.45) is 1.35. The summed E-state index contributed by atoms with van der Waals surface area (Å²) in [5.74, 6) is -1.72. The van der Waals surface area contributed by atoms with Gasteiger partial charge in [-0.25, -0.2) is 14.3 Å². The normalized spacial score (nSPS) is 15.5. The van der Waals surface area contributed by atoms with Gasteiger partial charge in [-0.05, 0) is 48.4 Å². The number of hydrogen-bond donors (Lipinski definition) is 1. The third-order valence-electron chi connectivity index (χ3n) is 5.46. The first-order valence-electron chi connectivity index (χ1n) is 10.6. The third-order valence-corrected chi connectivity index (χ3v) is 5.46. The maximum atomic E-state index is 12.7. The molecule has 11 heteroatoms. The van der Waals surface area contributed by atoms with Gasteiger partial charge < -0.3 is 10.0 Å². The molecular weight excluding hydrogens is 463 g/mol. The predicted octanol–water partition coefficient (Wildman–Crippen LogP) is 4.05. The van der Waals surface area contributed by atoms with E-state index in [9.17, 15) is 18.0 Å². The first-order valence-corrected chi connectivity index (χ1v) is 10.6. The van der Waals surface area contributed by atoms with Crippen LogP contribution in [0.25, 0.3) is 16.8 Å². The molecule has 1 saturated heterocycles. The maximum Gasteiger partial charge on any atom is 0.490 e. The quantitative estimate of drug-likeness (QED) is 0.472. The second-order valence-corrected chi connectivity index (χ2v) is 7.83. The molecule has 1 aliphatic heterocycles. The maximum absolute atomic E-state index is 12.7. The van der Waals surface area contributed by atoms with E-state index < -0.39 is 12.1 Å². The van der Waals surface area contributed by atoms with E-state index >= 15 is 0 Å². The molecule has 1 unspecified atom stereocenters. The van der Waals surface area contributed by atoms with E-state index in [2.05, 4.69) is 4.98 Å². The molecule has 4 heterocycles. The molecule has 1 aromatic carbocycles. The van der Waals surface area contributed by atoms with Crippen LogP contribution in [0.4, 0.5) is 13.2 Å². The highest BCUT2D eigenvalue weighted by Crippen LogP contribution is 2.27. The highest BCUT2D eigenvalue weighted by Gasteiger charge is 2.38. The minimum Gasteiger partial charge on any atom is -0.475 e. The summed E-state index contributed by atoms with van der Waals surface area (Å²) < 4.78 is 33.6. The Balaban J connectivity index is 0.000000364. The summed E-state index contributed by atoms with van der Waals surface area (Å²) in [5, 5.41) is 11.8. The summed E-state index contributed by atoms with van der Waals surface area (Å²) >= 11 is 0. The average molecular weight is 483 g/mol. The zero-order valence-electron chi connectivity index (χ0n) is 18.3. The Bertz CT molecular complexity index is 1330. The molecule has 1 fully saturated rings. The van der Waals surface area contributed by atoms with Crippen molar-refractivity contribution in [2.75, 3.05) is 13.1 Å². The van der Waals surface area contributed by atoms with Crippen LogP contribution < -0.4 is 0 Å². The van der Waals surface area contributed by atoms with Gasteiger partial charge >= 0.3 is 12.1 Å². The highest BCUT2D eigenvalue weighted by atomic mass is 19.4. The second-order valence-electron chi connectivity index (χ2n) is 7.83. The number of carbonyl (C=O) groups is 2. The van der Waals surface area contributed by atoms with Gasteiger partial charge in [-0.1, -0.05) is 18.2 Å². The predicted molar refractivity (Wildman–Crippen MR) is 120 cm³/mol. The van der Waals surface area contributed by atoms with Gasteiger partial charge in [0, 0.05) is 48.7 Å². The monoisotopic (exact) mass is 483 g/mol. The molecule has 1 atom stereocenters. The number of carboxylic acids is 1. The molecule has 0 aliphatic carbocycles. The number of halogens is 3. The third kappa shape index (κ3) is 5.62. The Kier molecular flexibility index (Phi) is 6.76. The summed E-state index contributed by atoms with van der Waals surface area (Å²) in [4.78, 5) is 32.2. The number of carbonyl (C=O) groups excluding carboxylic acids is 1. The molecular formula is C24H20F3N5O3. The number of aliphatic carboxylic acids is 1. The number of pyridine rings is 2. The van der Waals surface area contributed by atoms with Crippen LogP contribution in [0.15, 0.2) is 73.2 Å². The first-order chi connectivity index (χ1) is 16.7. The van der Waals surface area contributed by atoms with Crippen molar-refractivity contribution >= 4 is 17.5 Å². The fourth-order valence-electron chi connectivity index (χ4n) is 3.71. The lowest BCUT2D eigenvalue weighted by Gasteiger charge is -2.15. The average Bonchev–Trinajstić information content (AvgIpc) is 3.51. The summed E-state index contributed by atoms with van der Waals surface area (Å²) in [6, 6.07) is 17.4. The molecule has 1 N–H and O–H groups in total. The van der Waals surface area contributed by atoms with Gasteiger partial charge in [-0.2, -0.15) is 18.3 Å². The van der Waals surface area contributed by atoms with Crippen molar-refractivity contribution in [1.82, 2.24) is 24.5 Å². The van der Waals surface area contributed by atoms with Gasteiger partial charge in [0.15, 0.2) is 11.5 Å². The smallest absolute Gasteiger partial charge is 0.475 e. The lowest BCUT2D eigenvalue weighted by atomic mass is 10.1. The molecule has 1 aliphatic rings. The summed E-state index contributed by atoms with van der Waals surface area (Å²) in [6.45, 7) is 1.39. The number of likely N-dealkylation sites (tertiary alicyclic amines) is 1. The molecule has 8 nitrogen and oxygen atoms in total. The van der Waals surface area contributed by atoms with Crippen LogP contribution in [0, 0.1) is 0 Å². The second kappa shape index (κ2) is 9.92. The van der Waals surface area contributed by atoms with Crippen LogP contribution >= 0.6 is 0 Å². The van der Waals surface area contributed by atoms with Crippen molar-refractivity contribution < 1.29 is 27.9 Å². The highest BCUT2D eigenvalue weighted by molar-refractivity contribution is 5.94. The van der Waals surface area contributed by atoms with Gasteiger partial charge in [0.1, 0.15) is 0 Å². The minimum absolute atomic E-state index is 0.0758. The van der Waals surface area contributed by atoms with E-state index in [-0.39, 0.29) is 11.8 Å². The lowest BCUT2D eigenvalue weighted by Crippen LogP contribution is -2.28. The number of amides is 1. The zero-order chi connectivity index (χ0) is 25.0. The van der Waals surface area contributed by atoms with E-state index in [1.807, 2.05) is 70.2 Å². The molecule has 0 radical (unpaired) electrons. The topological polar surface area (TPSA) is 101 Å². The number of rotatable bonds is 3. The number of aromatic nitrogens is 4. The summed E-state index contributed by atoms with van der Waals surface area (Å²) in [5.41, 5.74) is 3.71. The van der Waals surface area contributed by atoms with Crippen molar-refractivity contribution in [1.29, 1.82) is 0 Å². The molecule has 0 bridgehead atoms.